The third-order valence-electron chi connectivity index (χ3n) is 7.86. The molecule has 0 heterocycles. The molecular weight excluding hydrogens is 324 g/mol. The molecule has 26 heavy (non-hydrogen) atoms. The van der Waals surface area contributed by atoms with Gasteiger partial charge in [0, 0.05) is 13.0 Å². The molecule has 2 bridgehead atoms. The highest BCUT2D eigenvalue weighted by molar-refractivity contribution is 5.84. The number of esters is 1. The summed E-state index contributed by atoms with van der Waals surface area (Å²) in [4.78, 5) is 13.1. The predicted octanol–water partition coefficient (Wildman–Crippen LogP) is 5.58. The van der Waals surface area contributed by atoms with Crippen molar-refractivity contribution < 1.29 is 14.3 Å². The standard InChI is InChI=1S/C23H36O3/c1-3-26-23-15-14-22(16-23,21(24)25-2)19(17-10-6-4-7-11-17)20(23)18-12-8-5-9-13-18/h17-18H,3-16H2,1-2H3. The van der Waals surface area contributed by atoms with Crippen LogP contribution in [-0.2, 0) is 14.3 Å². The van der Waals surface area contributed by atoms with Gasteiger partial charge >= 0.3 is 5.97 Å². The van der Waals surface area contributed by atoms with Crippen LogP contribution < -0.4 is 0 Å². The number of methoxy groups -OCH3 is 1. The van der Waals surface area contributed by atoms with E-state index in [1.165, 1.54) is 69.8 Å². The van der Waals surface area contributed by atoms with E-state index in [2.05, 4.69) is 6.92 Å². The Morgan fingerprint density at radius 2 is 1.50 bits per heavy atom. The number of hydrogen-bond donors (Lipinski definition) is 0. The lowest BCUT2D eigenvalue weighted by atomic mass is 9.65. The van der Waals surface area contributed by atoms with E-state index in [1.54, 1.807) is 12.7 Å². The predicted molar refractivity (Wildman–Crippen MR) is 103 cm³/mol. The molecule has 2 atom stereocenters. The van der Waals surface area contributed by atoms with E-state index in [9.17, 15) is 4.79 Å². The number of rotatable bonds is 5. The summed E-state index contributed by atoms with van der Waals surface area (Å²) in [6.07, 6.45) is 15.9. The van der Waals surface area contributed by atoms with Crippen molar-refractivity contribution >= 4 is 5.97 Å². The average molecular weight is 361 g/mol. The lowest BCUT2D eigenvalue weighted by molar-refractivity contribution is -0.150. The van der Waals surface area contributed by atoms with Gasteiger partial charge in [-0.2, -0.15) is 0 Å². The molecular formula is C23H36O3. The number of carbonyl (C=O) groups is 1. The lowest BCUT2D eigenvalue weighted by Crippen LogP contribution is -2.37. The Bertz CT molecular complexity index is 568. The maximum Gasteiger partial charge on any atom is 0.316 e. The molecule has 3 nitrogen and oxygen atoms in total. The van der Waals surface area contributed by atoms with E-state index in [1.807, 2.05) is 0 Å². The number of carbonyl (C=O) groups excluding carboxylic acids is 1. The summed E-state index contributed by atoms with van der Waals surface area (Å²) in [6.45, 7) is 2.86. The van der Waals surface area contributed by atoms with Gasteiger partial charge in [-0.3, -0.25) is 4.79 Å². The minimum absolute atomic E-state index is 0.0189. The summed E-state index contributed by atoms with van der Waals surface area (Å²) in [5, 5.41) is 0. The Hall–Kier alpha value is -0.830. The third kappa shape index (κ3) is 2.77. The van der Waals surface area contributed by atoms with Crippen molar-refractivity contribution in [2.75, 3.05) is 13.7 Å². The van der Waals surface area contributed by atoms with Crippen LogP contribution in [0.25, 0.3) is 0 Å². The molecule has 0 radical (unpaired) electrons. The van der Waals surface area contributed by atoms with Gasteiger partial charge in [0.1, 0.15) is 0 Å². The van der Waals surface area contributed by atoms with Crippen molar-refractivity contribution in [3.8, 4) is 0 Å². The maximum absolute atomic E-state index is 13.1. The van der Waals surface area contributed by atoms with Gasteiger partial charge < -0.3 is 9.47 Å². The molecule has 3 heteroatoms. The first-order chi connectivity index (χ1) is 12.7. The Morgan fingerprint density at radius 1 is 0.923 bits per heavy atom. The van der Waals surface area contributed by atoms with Gasteiger partial charge in [0.2, 0.25) is 0 Å². The number of fused-ring (bicyclic) bond motifs is 2. The first kappa shape index (κ1) is 18.5. The zero-order valence-corrected chi connectivity index (χ0v) is 16.8. The van der Waals surface area contributed by atoms with Crippen LogP contribution in [0.3, 0.4) is 0 Å². The van der Waals surface area contributed by atoms with Crippen LogP contribution in [0, 0.1) is 17.3 Å². The van der Waals surface area contributed by atoms with Crippen molar-refractivity contribution in [2.24, 2.45) is 17.3 Å². The summed E-state index contributed by atoms with van der Waals surface area (Å²) in [6, 6.07) is 0. The lowest BCUT2D eigenvalue weighted by Gasteiger charge is -2.41. The Kier molecular flexibility index (Phi) is 5.20. The summed E-state index contributed by atoms with van der Waals surface area (Å²) in [5.74, 6) is 1.24. The van der Waals surface area contributed by atoms with Crippen LogP contribution in [0.15, 0.2) is 11.1 Å². The van der Waals surface area contributed by atoms with Gasteiger partial charge in [-0.25, -0.2) is 0 Å². The molecule has 0 aromatic heterocycles. The van der Waals surface area contributed by atoms with Crippen molar-refractivity contribution in [3.05, 3.63) is 11.1 Å². The summed E-state index contributed by atoms with van der Waals surface area (Å²) < 4.78 is 11.9. The van der Waals surface area contributed by atoms with Crippen LogP contribution >= 0.6 is 0 Å². The average Bonchev–Trinajstić information content (AvgIpc) is 3.21. The van der Waals surface area contributed by atoms with Gasteiger partial charge in [0.15, 0.2) is 0 Å². The van der Waals surface area contributed by atoms with Crippen molar-refractivity contribution in [2.45, 2.75) is 96.0 Å². The second kappa shape index (κ2) is 7.30. The van der Waals surface area contributed by atoms with E-state index < -0.39 is 0 Å². The van der Waals surface area contributed by atoms with Gasteiger partial charge in [-0.15, -0.1) is 0 Å². The van der Waals surface area contributed by atoms with Crippen LogP contribution in [0.4, 0.5) is 0 Å². The van der Waals surface area contributed by atoms with Crippen LogP contribution in [0.5, 0.6) is 0 Å². The second-order valence-corrected chi connectivity index (χ2v) is 9.17. The fourth-order valence-corrected chi connectivity index (χ4v) is 6.98. The molecule has 3 saturated carbocycles. The van der Waals surface area contributed by atoms with Gasteiger partial charge in [-0.05, 0) is 68.4 Å². The SMILES string of the molecule is CCOC12CCC(C(=O)OC)(C1)C(C1CCCCC1)=C2C1CCCCC1. The van der Waals surface area contributed by atoms with Crippen molar-refractivity contribution in [3.63, 3.8) is 0 Å². The first-order valence-electron chi connectivity index (χ1n) is 11.1. The third-order valence-corrected chi connectivity index (χ3v) is 7.86. The van der Waals surface area contributed by atoms with E-state index in [0.29, 0.717) is 11.8 Å². The zero-order chi connectivity index (χ0) is 18.2. The monoisotopic (exact) mass is 360 g/mol. The van der Waals surface area contributed by atoms with Crippen LogP contribution in [-0.4, -0.2) is 25.3 Å². The largest absolute Gasteiger partial charge is 0.468 e. The molecule has 4 aliphatic rings. The highest BCUT2D eigenvalue weighted by Crippen LogP contribution is 2.66. The smallest absolute Gasteiger partial charge is 0.316 e. The van der Waals surface area contributed by atoms with Crippen LogP contribution in [0.1, 0.15) is 90.4 Å². The van der Waals surface area contributed by atoms with E-state index in [4.69, 9.17) is 9.47 Å². The van der Waals surface area contributed by atoms with Gasteiger partial charge in [0.25, 0.3) is 0 Å². The highest BCUT2D eigenvalue weighted by Gasteiger charge is 2.65. The fraction of sp³-hybridized carbons (Fsp3) is 0.870. The second-order valence-electron chi connectivity index (χ2n) is 9.17. The summed E-state index contributed by atoms with van der Waals surface area (Å²) in [7, 11) is 1.58. The molecule has 0 aromatic carbocycles. The molecule has 4 aliphatic carbocycles. The molecule has 4 rings (SSSR count). The molecule has 0 amide bonds. The van der Waals surface area contributed by atoms with E-state index in [-0.39, 0.29) is 17.0 Å². The van der Waals surface area contributed by atoms with E-state index >= 15 is 0 Å². The van der Waals surface area contributed by atoms with Crippen molar-refractivity contribution in [1.82, 2.24) is 0 Å². The first-order valence-corrected chi connectivity index (χ1v) is 11.1. The Balaban J connectivity index is 1.83. The normalized spacial score (nSPS) is 35.9. The molecule has 2 unspecified atom stereocenters. The molecule has 0 saturated heterocycles. The molecule has 146 valence electrons. The molecule has 0 N–H and O–H groups in total. The minimum Gasteiger partial charge on any atom is -0.468 e. The Morgan fingerprint density at radius 3 is 2.04 bits per heavy atom. The molecule has 0 aliphatic heterocycles. The molecule has 3 fully saturated rings. The number of ether oxygens (including phenoxy) is 2. The maximum atomic E-state index is 13.1. The molecule has 0 aromatic rings. The fourth-order valence-electron chi connectivity index (χ4n) is 6.98. The van der Waals surface area contributed by atoms with Crippen molar-refractivity contribution in [1.29, 1.82) is 0 Å². The zero-order valence-electron chi connectivity index (χ0n) is 16.8. The minimum atomic E-state index is -0.376. The highest BCUT2D eigenvalue weighted by atomic mass is 16.5. The quantitative estimate of drug-likeness (QED) is 0.474. The van der Waals surface area contributed by atoms with Gasteiger partial charge in [-0.1, -0.05) is 38.5 Å². The topological polar surface area (TPSA) is 35.5 Å². The van der Waals surface area contributed by atoms with E-state index in [0.717, 1.165) is 25.9 Å². The summed E-state index contributed by atoms with van der Waals surface area (Å²) in [5.41, 5.74) is 2.55. The van der Waals surface area contributed by atoms with Gasteiger partial charge in [0.05, 0.1) is 18.1 Å². The Labute approximate surface area is 158 Å². The number of hydrogen-bond acceptors (Lipinski definition) is 3. The molecule has 0 spiro atoms. The summed E-state index contributed by atoms with van der Waals surface area (Å²) >= 11 is 0. The van der Waals surface area contributed by atoms with Crippen LogP contribution in [0.2, 0.25) is 0 Å².